The summed E-state index contributed by atoms with van der Waals surface area (Å²) < 4.78 is 13.2. The number of hydrogen-bond donors (Lipinski definition) is 0. The molecular weight excluding hydrogens is 344 g/mol. The third-order valence-corrected chi connectivity index (χ3v) is 2.85. The molecule has 0 fully saturated rings. The number of hydrogen-bond acceptors (Lipinski definition) is 2. The van der Waals surface area contributed by atoms with Gasteiger partial charge >= 0.3 is 0 Å². The molecule has 0 N–H and O–H groups in total. The molecule has 64 valence electrons. The fourth-order valence-electron chi connectivity index (χ4n) is 0.657. The van der Waals surface area contributed by atoms with Crippen molar-refractivity contribution in [2.45, 2.75) is 0 Å². The first-order valence-corrected chi connectivity index (χ1v) is 4.69. The zero-order chi connectivity index (χ0) is 9.30. The zero-order valence-electron chi connectivity index (χ0n) is 5.55. The van der Waals surface area contributed by atoms with Crippen LogP contribution in [0.15, 0.2) is 16.6 Å². The van der Waals surface area contributed by atoms with Crippen molar-refractivity contribution in [3.63, 3.8) is 0 Å². The molecule has 0 unspecified atom stereocenters. The Balaban J connectivity index is 3.36. The maximum absolute atomic E-state index is 13.0. The molecular formula is C6H2BrFINO2. The number of nitro groups is 1. The highest BCUT2D eigenvalue weighted by Crippen LogP contribution is 2.28. The Hall–Kier alpha value is -0.240. The van der Waals surface area contributed by atoms with Gasteiger partial charge in [-0.1, -0.05) is 0 Å². The first-order chi connectivity index (χ1) is 5.54. The SMILES string of the molecule is O=[N+]([O-])c1ccc(Br)c(F)c1I. The summed E-state index contributed by atoms with van der Waals surface area (Å²) in [5, 5.41) is 10.3. The van der Waals surface area contributed by atoms with E-state index in [1.54, 1.807) is 22.6 Å². The van der Waals surface area contributed by atoms with E-state index in [4.69, 9.17) is 0 Å². The summed E-state index contributed by atoms with van der Waals surface area (Å²) in [5.41, 5.74) is -0.212. The third-order valence-electron chi connectivity index (χ3n) is 1.21. The fourth-order valence-corrected chi connectivity index (χ4v) is 2.03. The summed E-state index contributed by atoms with van der Waals surface area (Å²) in [6.45, 7) is 0. The molecule has 1 aromatic rings. The van der Waals surface area contributed by atoms with E-state index in [1.807, 2.05) is 0 Å². The Morgan fingerprint density at radius 3 is 2.67 bits per heavy atom. The molecule has 0 saturated carbocycles. The van der Waals surface area contributed by atoms with Gasteiger partial charge in [0.15, 0.2) is 5.82 Å². The molecule has 0 aliphatic carbocycles. The molecule has 6 heteroatoms. The van der Waals surface area contributed by atoms with E-state index in [2.05, 4.69) is 15.9 Å². The van der Waals surface area contributed by atoms with Crippen molar-refractivity contribution in [3.8, 4) is 0 Å². The second-order valence-electron chi connectivity index (χ2n) is 1.95. The number of benzene rings is 1. The van der Waals surface area contributed by atoms with Crippen molar-refractivity contribution in [2.75, 3.05) is 0 Å². The minimum absolute atomic E-state index is 0.0203. The van der Waals surface area contributed by atoms with E-state index in [9.17, 15) is 14.5 Å². The Labute approximate surface area is 89.4 Å². The van der Waals surface area contributed by atoms with E-state index in [0.717, 1.165) is 0 Å². The molecule has 3 nitrogen and oxygen atoms in total. The molecule has 0 amide bonds. The molecule has 0 heterocycles. The van der Waals surface area contributed by atoms with Crippen LogP contribution in [-0.4, -0.2) is 4.92 Å². The molecule has 12 heavy (non-hydrogen) atoms. The average Bonchev–Trinajstić information content (AvgIpc) is 2.00. The molecule has 0 aliphatic rings. The minimum Gasteiger partial charge on any atom is -0.258 e. The van der Waals surface area contributed by atoms with E-state index in [0.29, 0.717) is 0 Å². The highest BCUT2D eigenvalue weighted by Gasteiger charge is 2.17. The first-order valence-electron chi connectivity index (χ1n) is 2.82. The van der Waals surface area contributed by atoms with Gasteiger partial charge in [-0.2, -0.15) is 0 Å². The molecule has 0 atom stereocenters. The second kappa shape index (κ2) is 3.65. The smallest absolute Gasteiger partial charge is 0.258 e. The van der Waals surface area contributed by atoms with Gasteiger partial charge in [-0.05, 0) is 44.6 Å². The summed E-state index contributed by atoms with van der Waals surface area (Å²) in [4.78, 5) is 9.69. The van der Waals surface area contributed by atoms with Gasteiger partial charge in [0.1, 0.15) is 3.57 Å². The van der Waals surface area contributed by atoms with Crippen LogP contribution in [0.5, 0.6) is 0 Å². The first kappa shape index (κ1) is 9.85. The topological polar surface area (TPSA) is 43.1 Å². The van der Waals surface area contributed by atoms with Gasteiger partial charge in [0, 0.05) is 6.07 Å². The van der Waals surface area contributed by atoms with Crippen molar-refractivity contribution >= 4 is 44.2 Å². The minimum atomic E-state index is -0.614. The standard InChI is InChI=1S/C6H2BrFINO2/c7-3-1-2-4(10(11)12)6(9)5(3)8/h1-2H. The lowest BCUT2D eigenvalue weighted by Gasteiger charge is -1.97. The van der Waals surface area contributed by atoms with Crippen LogP contribution in [0, 0.1) is 19.5 Å². The summed E-state index contributed by atoms with van der Waals surface area (Å²) >= 11 is 4.53. The molecule has 1 aromatic carbocycles. The lowest BCUT2D eigenvalue weighted by Crippen LogP contribution is -1.94. The largest absolute Gasteiger partial charge is 0.285 e. The average molecular weight is 346 g/mol. The monoisotopic (exact) mass is 345 g/mol. The lowest BCUT2D eigenvalue weighted by atomic mass is 10.3. The van der Waals surface area contributed by atoms with Crippen LogP contribution < -0.4 is 0 Å². The van der Waals surface area contributed by atoms with Crippen LogP contribution >= 0.6 is 38.5 Å². The number of nitro benzene ring substituents is 1. The van der Waals surface area contributed by atoms with E-state index < -0.39 is 10.7 Å². The zero-order valence-corrected chi connectivity index (χ0v) is 9.30. The van der Waals surface area contributed by atoms with E-state index >= 15 is 0 Å². The summed E-state index contributed by atoms with van der Waals surface area (Å²) in [6.07, 6.45) is 0. The van der Waals surface area contributed by atoms with Crippen molar-refractivity contribution in [1.82, 2.24) is 0 Å². The molecule has 0 aliphatic heterocycles. The quantitative estimate of drug-likeness (QED) is 0.340. The predicted molar refractivity (Wildman–Crippen MR) is 53.5 cm³/mol. The van der Waals surface area contributed by atoms with Crippen molar-refractivity contribution in [3.05, 3.63) is 36.1 Å². The predicted octanol–water partition coefficient (Wildman–Crippen LogP) is 3.10. The van der Waals surface area contributed by atoms with Crippen molar-refractivity contribution < 1.29 is 9.31 Å². The van der Waals surface area contributed by atoms with Gasteiger partial charge in [-0.3, -0.25) is 10.1 Å². The number of nitrogens with zero attached hydrogens (tertiary/aromatic N) is 1. The highest BCUT2D eigenvalue weighted by molar-refractivity contribution is 14.1. The van der Waals surface area contributed by atoms with Gasteiger partial charge in [0.25, 0.3) is 5.69 Å². The van der Waals surface area contributed by atoms with Crippen LogP contribution in [0.4, 0.5) is 10.1 Å². The second-order valence-corrected chi connectivity index (χ2v) is 3.88. The molecule has 0 spiro atoms. The van der Waals surface area contributed by atoms with Crippen LogP contribution in [0.1, 0.15) is 0 Å². The normalized spacial score (nSPS) is 9.92. The van der Waals surface area contributed by atoms with Crippen LogP contribution in [0.3, 0.4) is 0 Å². The van der Waals surface area contributed by atoms with Gasteiger partial charge < -0.3 is 0 Å². The van der Waals surface area contributed by atoms with Gasteiger partial charge in [0.2, 0.25) is 0 Å². The molecule has 0 radical (unpaired) electrons. The molecule has 0 saturated heterocycles. The van der Waals surface area contributed by atoms with E-state index in [-0.39, 0.29) is 13.7 Å². The van der Waals surface area contributed by atoms with E-state index in [1.165, 1.54) is 12.1 Å². The third kappa shape index (κ3) is 1.74. The maximum atomic E-state index is 13.0. The number of halogens is 3. The fraction of sp³-hybridized carbons (Fsp3) is 0. The molecule has 0 bridgehead atoms. The highest BCUT2D eigenvalue weighted by atomic mass is 127. The van der Waals surface area contributed by atoms with Crippen LogP contribution in [-0.2, 0) is 0 Å². The Morgan fingerprint density at radius 1 is 1.58 bits per heavy atom. The summed E-state index contributed by atoms with van der Waals surface area (Å²) in [6, 6.07) is 2.57. The van der Waals surface area contributed by atoms with Gasteiger partial charge in [-0.15, -0.1) is 0 Å². The summed E-state index contributed by atoms with van der Waals surface area (Å²) in [7, 11) is 0. The van der Waals surface area contributed by atoms with Crippen molar-refractivity contribution in [1.29, 1.82) is 0 Å². The van der Waals surface area contributed by atoms with Gasteiger partial charge in [-0.25, -0.2) is 4.39 Å². The van der Waals surface area contributed by atoms with Crippen molar-refractivity contribution in [2.24, 2.45) is 0 Å². The molecule has 0 aromatic heterocycles. The number of rotatable bonds is 1. The van der Waals surface area contributed by atoms with Crippen LogP contribution in [0.2, 0.25) is 0 Å². The summed E-state index contributed by atoms with van der Waals surface area (Å²) in [5.74, 6) is -0.593. The Morgan fingerprint density at radius 2 is 2.17 bits per heavy atom. The van der Waals surface area contributed by atoms with Crippen LogP contribution in [0.25, 0.3) is 0 Å². The molecule has 1 rings (SSSR count). The Kier molecular flexibility index (Phi) is 2.99. The Bertz CT molecular complexity index is 345. The lowest BCUT2D eigenvalue weighted by molar-refractivity contribution is -0.386. The van der Waals surface area contributed by atoms with Gasteiger partial charge in [0.05, 0.1) is 9.40 Å². The maximum Gasteiger partial charge on any atom is 0.285 e.